The Bertz CT molecular complexity index is 744. The van der Waals surface area contributed by atoms with Gasteiger partial charge in [-0.2, -0.15) is 4.98 Å². The number of nitrogens with zero attached hydrogens (tertiary/aromatic N) is 3. The summed E-state index contributed by atoms with van der Waals surface area (Å²) in [6.07, 6.45) is 1.46. The van der Waals surface area contributed by atoms with E-state index in [0.29, 0.717) is 17.1 Å². The van der Waals surface area contributed by atoms with Crippen LogP contribution in [0, 0.1) is 0 Å². The molecule has 90 valence electrons. The number of para-hydroxylation sites is 1. The fourth-order valence-corrected chi connectivity index (χ4v) is 1.73. The number of rotatable bonds is 2. The first-order valence-corrected chi connectivity index (χ1v) is 5.48. The molecule has 18 heavy (non-hydrogen) atoms. The van der Waals surface area contributed by atoms with Gasteiger partial charge in [0.15, 0.2) is 11.2 Å². The Labute approximate surface area is 102 Å². The van der Waals surface area contributed by atoms with Gasteiger partial charge >= 0.3 is 0 Å². The van der Waals surface area contributed by atoms with Gasteiger partial charge in [0.2, 0.25) is 5.95 Å². The summed E-state index contributed by atoms with van der Waals surface area (Å²) in [4.78, 5) is 23.1. The molecule has 6 heteroatoms. The summed E-state index contributed by atoms with van der Waals surface area (Å²) in [5, 5.41) is 3.09. The minimum Gasteiger partial charge on any atom is -0.339 e. The zero-order valence-electron chi connectivity index (χ0n) is 9.71. The fourth-order valence-electron chi connectivity index (χ4n) is 1.73. The summed E-state index contributed by atoms with van der Waals surface area (Å²) >= 11 is 0. The average Bonchev–Trinajstić information content (AvgIpc) is 2.85. The summed E-state index contributed by atoms with van der Waals surface area (Å²) in [6, 6.07) is 9.55. The first-order chi connectivity index (χ1) is 8.75. The predicted octanol–water partition coefficient (Wildman–Crippen LogP) is 1.40. The van der Waals surface area contributed by atoms with Gasteiger partial charge in [-0.05, 0) is 12.1 Å². The molecule has 0 radical (unpaired) electrons. The summed E-state index contributed by atoms with van der Waals surface area (Å²) in [5.74, 6) is 0.464. The molecular weight excluding hydrogens is 230 g/mol. The quantitative estimate of drug-likeness (QED) is 0.711. The Morgan fingerprint density at radius 1 is 1.28 bits per heavy atom. The lowest BCUT2D eigenvalue weighted by Crippen LogP contribution is -2.21. The second kappa shape index (κ2) is 3.99. The van der Waals surface area contributed by atoms with Crippen molar-refractivity contribution in [3.8, 4) is 0 Å². The van der Waals surface area contributed by atoms with E-state index >= 15 is 0 Å². The maximum atomic E-state index is 12.0. The third kappa shape index (κ3) is 1.64. The topological polar surface area (TPSA) is 75.6 Å². The van der Waals surface area contributed by atoms with Crippen LogP contribution in [0.15, 0.2) is 41.5 Å². The SMILES string of the molecule is Cn1c(Nc2ccccc2)nc2nc[nH]c2c1=O. The molecule has 0 saturated carbocycles. The molecule has 3 rings (SSSR count). The monoisotopic (exact) mass is 241 g/mol. The molecule has 0 bridgehead atoms. The molecule has 1 aromatic carbocycles. The zero-order valence-corrected chi connectivity index (χ0v) is 9.71. The van der Waals surface area contributed by atoms with Crippen LogP contribution in [-0.2, 0) is 7.05 Å². The zero-order chi connectivity index (χ0) is 12.5. The van der Waals surface area contributed by atoms with Crippen LogP contribution in [0.5, 0.6) is 0 Å². The van der Waals surface area contributed by atoms with Crippen molar-refractivity contribution in [3.63, 3.8) is 0 Å². The van der Waals surface area contributed by atoms with E-state index in [0.717, 1.165) is 5.69 Å². The van der Waals surface area contributed by atoms with Crippen molar-refractivity contribution in [1.82, 2.24) is 19.5 Å². The number of H-pyrrole nitrogens is 1. The van der Waals surface area contributed by atoms with Gasteiger partial charge in [-0.3, -0.25) is 9.36 Å². The van der Waals surface area contributed by atoms with Crippen LogP contribution >= 0.6 is 0 Å². The molecule has 6 nitrogen and oxygen atoms in total. The highest BCUT2D eigenvalue weighted by Crippen LogP contribution is 2.13. The normalized spacial score (nSPS) is 10.7. The van der Waals surface area contributed by atoms with Crippen LogP contribution in [0.1, 0.15) is 0 Å². The summed E-state index contributed by atoms with van der Waals surface area (Å²) in [6.45, 7) is 0. The van der Waals surface area contributed by atoms with Crippen LogP contribution < -0.4 is 10.9 Å². The number of aromatic amines is 1. The van der Waals surface area contributed by atoms with Gasteiger partial charge in [-0.25, -0.2) is 4.98 Å². The van der Waals surface area contributed by atoms with Crippen molar-refractivity contribution in [2.75, 3.05) is 5.32 Å². The van der Waals surface area contributed by atoms with Crippen molar-refractivity contribution in [1.29, 1.82) is 0 Å². The van der Waals surface area contributed by atoms with Crippen molar-refractivity contribution in [2.24, 2.45) is 7.05 Å². The summed E-state index contributed by atoms with van der Waals surface area (Å²) < 4.78 is 1.45. The third-order valence-electron chi connectivity index (χ3n) is 2.70. The fraction of sp³-hybridized carbons (Fsp3) is 0.0833. The largest absolute Gasteiger partial charge is 0.339 e. The number of hydrogen-bond donors (Lipinski definition) is 2. The van der Waals surface area contributed by atoms with Crippen LogP contribution in [0.2, 0.25) is 0 Å². The van der Waals surface area contributed by atoms with Gasteiger partial charge in [-0.15, -0.1) is 0 Å². The highest BCUT2D eigenvalue weighted by molar-refractivity contribution is 5.71. The molecule has 0 fully saturated rings. The number of anilines is 2. The van der Waals surface area contributed by atoms with Crippen LogP contribution in [0.4, 0.5) is 11.6 Å². The minimum atomic E-state index is -0.157. The first kappa shape index (κ1) is 10.5. The Morgan fingerprint density at radius 3 is 2.83 bits per heavy atom. The molecule has 0 amide bonds. The molecular formula is C12H11N5O. The van der Waals surface area contributed by atoms with Crippen LogP contribution in [0.3, 0.4) is 0 Å². The van der Waals surface area contributed by atoms with E-state index in [2.05, 4.69) is 20.3 Å². The second-order valence-electron chi connectivity index (χ2n) is 3.89. The molecule has 0 aliphatic carbocycles. The average molecular weight is 241 g/mol. The maximum Gasteiger partial charge on any atom is 0.280 e. The third-order valence-corrected chi connectivity index (χ3v) is 2.70. The Morgan fingerprint density at radius 2 is 2.06 bits per heavy atom. The van der Waals surface area contributed by atoms with E-state index < -0.39 is 0 Å². The van der Waals surface area contributed by atoms with Crippen molar-refractivity contribution < 1.29 is 0 Å². The van der Waals surface area contributed by atoms with Gasteiger partial charge < -0.3 is 10.3 Å². The summed E-state index contributed by atoms with van der Waals surface area (Å²) in [7, 11) is 1.67. The lowest BCUT2D eigenvalue weighted by atomic mass is 10.3. The second-order valence-corrected chi connectivity index (χ2v) is 3.89. The molecule has 2 aromatic heterocycles. The van der Waals surface area contributed by atoms with Crippen molar-refractivity contribution in [3.05, 3.63) is 47.0 Å². The first-order valence-electron chi connectivity index (χ1n) is 5.48. The standard InChI is InChI=1S/C12H11N5O/c1-17-11(18)9-10(14-7-13-9)16-12(17)15-8-5-3-2-4-6-8/h2-7H,1H3,(H,13,14)(H,15,16). The van der Waals surface area contributed by atoms with Gasteiger partial charge in [0, 0.05) is 12.7 Å². The van der Waals surface area contributed by atoms with Crippen molar-refractivity contribution in [2.45, 2.75) is 0 Å². The van der Waals surface area contributed by atoms with E-state index in [-0.39, 0.29) is 5.56 Å². The highest BCUT2D eigenvalue weighted by atomic mass is 16.1. The Hall–Kier alpha value is -2.63. The van der Waals surface area contributed by atoms with E-state index in [1.54, 1.807) is 7.05 Å². The minimum absolute atomic E-state index is 0.157. The van der Waals surface area contributed by atoms with Crippen LogP contribution in [0.25, 0.3) is 11.2 Å². The molecule has 3 aromatic rings. The number of fused-ring (bicyclic) bond motifs is 1. The Balaban J connectivity index is 2.12. The molecule has 0 unspecified atom stereocenters. The van der Waals surface area contributed by atoms with Crippen molar-refractivity contribution >= 4 is 22.8 Å². The number of aromatic nitrogens is 4. The van der Waals surface area contributed by atoms with E-state index in [9.17, 15) is 4.79 Å². The molecule has 0 aliphatic heterocycles. The molecule has 2 heterocycles. The van der Waals surface area contributed by atoms with E-state index in [1.165, 1.54) is 10.9 Å². The molecule has 0 spiro atoms. The number of imidazole rings is 1. The molecule has 0 saturated heterocycles. The molecule has 2 N–H and O–H groups in total. The number of nitrogens with one attached hydrogen (secondary N) is 2. The number of hydrogen-bond acceptors (Lipinski definition) is 4. The van der Waals surface area contributed by atoms with Gasteiger partial charge in [0.1, 0.15) is 0 Å². The molecule has 0 aliphatic rings. The predicted molar refractivity (Wildman–Crippen MR) is 68.9 cm³/mol. The lowest BCUT2D eigenvalue weighted by molar-refractivity contribution is 0.853. The van der Waals surface area contributed by atoms with E-state index in [4.69, 9.17) is 0 Å². The highest BCUT2D eigenvalue weighted by Gasteiger charge is 2.09. The summed E-state index contributed by atoms with van der Waals surface area (Å²) in [5.41, 5.74) is 1.54. The van der Waals surface area contributed by atoms with Gasteiger partial charge in [-0.1, -0.05) is 18.2 Å². The van der Waals surface area contributed by atoms with Gasteiger partial charge in [0.25, 0.3) is 5.56 Å². The van der Waals surface area contributed by atoms with E-state index in [1.807, 2.05) is 30.3 Å². The molecule has 0 atom stereocenters. The number of benzene rings is 1. The van der Waals surface area contributed by atoms with Gasteiger partial charge in [0.05, 0.1) is 6.33 Å². The lowest BCUT2D eigenvalue weighted by Gasteiger charge is -2.09. The maximum absolute atomic E-state index is 12.0. The smallest absolute Gasteiger partial charge is 0.280 e. The Kier molecular flexibility index (Phi) is 2.33. The van der Waals surface area contributed by atoms with Crippen LogP contribution in [-0.4, -0.2) is 19.5 Å².